The Balaban J connectivity index is 3.41. The summed E-state index contributed by atoms with van der Waals surface area (Å²) in [5.41, 5.74) is -0.107. The predicted molar refractivity (Wildman–Crippen MR) is 70.2 cm³/mol. The molecule has 0 N–H and O–H groups in total. The van der Waals surface area contributed by atoms with E-state index >= 15 is 0 Å². The second-order valence-electron chi connectivity index (χ2n) is 3.68. The molecule has 1 aliphatic rings. The van der Waals surface area contributed by atoms with Crippen molar-refractivity contribution in [1.82, 2.24) is 0 Å². The average molecular weight is 300 g/mol. The summed E-state index contributed by atoms with van der Waals surface area (Å²) >= 11 is 0. The zero-order valence-electron chi connectivity index (χ0n) is 11.2. The Labute approximate surface area is 117 Å². The third kappa shape index (κ3) is 3.70. The first kappa shape index (κ1) is 16.0. The minimum Gasteiger partial charge on any atom is -0.616 e. The molecule has 0 radical (unpaired) electrons. The Bertz CT molecular complexity index is 624. The van der Waals surface area contributed by atoms with E-state index in [0.717, 1.165) is 7.11 Å². The van der Waals surface area contributed by atoms with Crippen LogP contribution in [0.2, 0.25) is 0 Å². The first-order valence-electron chi connectivity index (χ1n) is 5.61. The molecule has 0 atom stereocenters. The highest BCUT2D eigenvalue weighted by Gasteiger charge is 2.18. The van der Waals surface area contributed by atoms with Gasteiger partial charge in [0.2, 0.25) is 0 Å². The van der Waals surface area contributed by atoms with Crippen LogP contribution in [-0.4, -0.2) is 40.1 Å². The number of esters is 1. The third-order valence-electron chi connectivity index (χ3n) is 2.43. The highest BCUT2D eigenvalue weighted by Crippen LogP contribution is 2.18. The number of nitrogens with zero attached hydrogens (tertiary/aromatic N) is 1. The van der Waals surface area contributed by atoms with E-state index in [-0.39, 0.29) is 22.6 Å². The largest absolute Gasteiger partial charge is 0.616 e. The number of methoxy groups -OCH3 is 2. The molecule has 20 heavy (non-hydrogen) atoms. The number of carbonyl (C=O) groups excluding carboxylic acids is 1. The van der Waals surface area contributed by atoms with Gasteiger partial charge in [-0.15, -0.1) is 0 Å². The number of hydrogen-bond acceptors (Lipinski definition) is 6. The van der Waals surface area contributed by atoms with Gasteiger partial charge < -0.3 is 14.6 Å². The Hall–Kier alpha value is -2.09. The molecular weight excluding hydrogens is 286 g/mol. The van der Waals surface area contributed by atoms with Crippen LogP contribution >= 0.6 is 0 Å². The fraction of sp³-hybridized carbons (Fsp3) is 0.333. The highest BCUT2D eigenvalue weighted by molar-refractivity contribution is 7.90. The van der Waals surface area contributed by atoms with Crippen molar-refractivity contribution in [1.29, 1.82) is 0 Å². The number of sulfonamides is 1. The van der Waals surface area contributed by atoms with Crippen LogP contribution in [0.4, 0.5) is 0 Å². The average Bonchev–Trinajstić information content (AvgIpc) is 2.45. The lowest BCUT2D eigenvalue weighted by Crippen LogP contribution is -2.18. The Morgan fingerprint density at radius 1 is 1.30 bits per heavy atom. The maximum atomic E-state index is 11.6. The van der Waals surface area contributed by atoms with Crippen LogP contribution in [0.25, 0.3) is 0 Å². The van der Waals surface area contributed by atoms with E-state index in [1.165, 1.54) is 32.3 Å². The van der Waals surface area contributed by atoms with Crippen LogP contribution in [0.3, 0.4) is 0 Å². The van der Waals surface area contributed by atoms with Crippen molar-refractivity contribution in [2.24, 2.45) is 4.40 Å². The highest BCUT2D eigenvalue weighted by atomic mass is 32.2. The molecule has 0 heterocycles. The summed E-state index contributed by atoms with van der Waals surface area (Å²) in [4.78, 5) is 11.4. The van der Waals surface area contributed by atoms with Crippen molar-refractivity contribution in [3.8, 4) is 0 Å². The van der Waals surface area contributed by atoms with Crippen LogP contribution in [0.1, 0.15) is 6.92 Å². The molecule has 1 rings (SSSR count). The maximum Gasteiger partial charge on any atom is 0.337 e. The molecule has 110 valence electrons. The van der Waals surface area contributed by atoms with Crippen LogP contribution in [0.5, 0.6) is 0 Å². The molecule has 7 nitrogen and oxygen atoms in total. The second-order valence-corrected chi connectivity index (χ2v) is 5.60. The van der Waals surface area contributed by atoms with Crippen LogP contribution < -0.4 is 5.11 Å². The van der Waals surface area contributed by atoms with E-state index < -0.39 is 21.9 Å². The van der Waals surface area contributed by atoms with Gasteiger partial charge in [0.05, 0.1) is 30.1 Å². The lowest BCUT2D eigenvalue weighted by atomic mass is 10.0. The molecule has 0 bridgehead atoms. The van der Waals surface area contributed by atoms with Gasteiger partial charge in [0.15, 0.2) is 0 Å². The standard InChI is InChI=1S/C12H15NO6S/c1-4-20(16,17)13-10-7-8(11(14)18-2)5-6-9(10)12(15)19-3/h5-7,15H,4H2,1-3H3/p-1. The number of ether oxygens (including phenoxy) is 2. The topological polar surface area (TPSA) is 105 Å². The molecule has 0 fully saturated rings. The van der Waals surface area contributed by atoms with E-state index in [2.05, 4.69) is 13.9 Å². The predicted octanol–water partition coefficient (Wildman–Crippen LogP) is -0.335. The van der Waals surface area contributed by atoms with Crippen molar-refractivity contribution < 1.29 is 27.8 Å². The van der Waals surface area contributed by atoms with E-state index in [1.807, 2.05) is 0 Å². The van der Waals surface area contributed by atoms with Gasteiger partial charge in [-0.2, -0.15) is 4.40 Å². The summed E-state index contributed by atoms with van der Waals surface area (Å²) in [5.74, 6) is -1.63. The number of hydrogen-bond donors (Lipinski definition) is 0. The summed E-state index contributed by atoms with van der Waals surface area (Å²) in [5, 5.41) is 11.6. The Morgan fingerprint density at radius 3 is 2.45 bits per heavy atom. The summed E-state index contributed by atoms with van der Waals surface area (Å²) in [6, 6.07) is 0. The molecule has 8 heteroatoms. The summed E-state index contributed by atoms with van der Waals surface area (Å²) in [6.45, 7) is 1.42. The van der Waals surface area contributed by atoms with Crippen molar-refractivity contribution in [3.63, 3.8) is 0 Å². The molecule has 0 aromatic heterocycles. The van der Waals surface area contributed by atoms with Crippen LogP contribution in [0, 0.1) is 0 Å². The lowest BCUT2D eigenvalue weighted by Gasteiger charge is -2.17. The molecule has 1 aliphatic carbocycles. The van der Waals surface area contributed by atoms with Gasteiger partial charge in [-0.25, -0.2) is 13.2 Å². The molecular formula is C12H14NO6S-. The molecule has 0 saturated heterocycles. The summed E-state index contributed by atoms with van der Waals surface area (Å²) in [6.07, 6.45) is 3.77. The lowest BCUT2D eigenvalue weighted by molar-refractivity contribution is -0.354. The van der Waals surface area contributed by atoms with Crippen LogP contribution in [-0.2, 0) is 24.3 Å². The van der Waals surface area contributed by atoms with E-state index in [9.17, 15) is 18.3 Å². The fourth-order valence-electron chi connectivity index (χ4n) is 1.35. The SMILES string of the molecule is CCS(=O)(=O)N=C1C=C(C(=O)OC)C=CC1=C([O-])OC. The van der Waals surface area contributed by atoms with Crippen molar-refractivity contribution in [2.75, 3.05) is 20.0 Å². The number of rotatable bonds is 4. The third-order valence-corrected chi connectivity index (χ3v) is 3.63. The monoisotopic (exact) mass is 300 g/mol. The molecule has 0 aromatic carbocycles. The molecule has 0 spiro atoms. The zero-order valence-corrected chi connectivity index (χ0v) is 12.1. The maximum absolute atomic E-state index is 11.6. The van der Waals surface area contributed by atoms with Crippen molar-refractivity contribution in [2.45, 2.75) is 6.92 Å². The molecule has 0 aliphatic heterocycles. The van der Waals surface area contributed by atoms with Crippen molar-refractivity contribution in [3.05, 3.63) is 35.3 Å². The Morgan fingerprint density at radius 2 is 1.95 bits per heavy atom. The molecule has 0 aromatic rings. The molecule has 0 amide bonds. The zero-order chi connectivity index (χ0) is 15.3. The molecule has 0 saturated carbocycles. The second kappa shape index (κ2) is 6.38. The molecule has 0 unspecified atom stereocenters. The van der Waals surface area contributed by atoms with Crippen LogP contribution in [0.15, 0.2) is 39.7 Å². The van der Waals surface area contributed by atoms with E-state index in [1.54, 1.807) is 0 Å². The fourth-order valence-corrected chi connectivity index (χ4v) is 1.93. The van der Waals surface area contributed by atoms with Gasteiger partial charge in [0.1, 0.15) is 0 Å². The van der Waals surface area contributed by atoms with E-state index in [4.69, 9.17) is 0 Å². The van der Waals surface area contributed by atoms with Gasteiger partial charge in [-0.1, -0.05) is 6.08 Å². The van der Waals surface area contributed by atoms with Gasteiger partial charge in [0.25, 0.3) is 10.0 Å². The van der Waals surface area contributed by atoms with Crippen molar-refractivity contribution >= 4 is 21.7 Å². The summed E-state index contributed by atoms with van der Waals surface area (Å²) in [7, 11) is -1.37. The number of allylic oxidation sites excluding steroid dienone is 3. The first-order chi connectivity index (χ1) is 9.34. The summed E-state index contributed by atoms with van der Waals surface area (Å²) < 4.78 is 35.7. The first-order valence-corrected chi connectivity index (χ1v) is 7.22. The van der Waals surface area contributed by atoms with Gasteiger partial charge >= 0.3 is 5.97 Å². The number of carbonyl (C=O) groups is 1. The Kier molecular flexibility index (Phi) is 5.09. The minimum absolute atomic E-state index is 0.0443. The van der Waals surface area contributed by atoms with Gasteiger partial charge in [0, 0.05) is 5.57 Å². The van der Waals surface area contributed by atoms with E-state index in [0.29, 0.717) is 0 Å². The smallest absolute Gasteiger partial charge is 0.337 e. The normalized spacial score (nSPS) is 19.6. The van der Waals surface area contributed by atoms with Gasteiger partial charge in [-0.3, -0.25) is 0 Å². The minimum atomic E-state index is -3.72. The van der Waals surface area contributed by atoms with Gasteiger partial charge in [-0.05, 0) is 26.2 Å². The quantitative estimate of drug-likeness (QED) is 0.520.